The SMILES string of the molecule is COc1ccccc1CN(C)C(=O)C[NH+](C)CC(=O)Nc1ccc(Cl)cc1. The molecule has 2 amide bonds. The highest BCUT2D eigenvalue weighted by Gasteiger charge is 2.18. The van der Waals surface area contributed by atoms with E-state index < -0.39 is 0 Å². The Labute approximate surface area is 164 Å². The molecule has 0 aliphatic heterocycles. The number of ether oxygens (including phenoxy) is 1. The maximum absolute atomic E-state index is 12.5. The average molecular weight is 391 g/mol. The van der Waals surface area contributed by atoms with Gasteiger partial charge in [0.15, 0.2) is 13.1 Å². The number of amides is 2. The Kier molecular flexibility index (Phi) is 7.64. The number of nitrogens with zero attached hydrogens (tertiary/aromatic N) is 1. The maximum Gasteiger partial charge on any atom is 0.279 e. The van der Waals surface area contributed by atoms with Crippen LogP contribution < -0.4 is 15.0 Å². The van der Waals surface area contributed by atoms with Crippen molar-refractivity contribution in [3.63, 3.8) is 0 Å². The van der Waals surface area contributed by atoms with Gasteiger partial charge in [0.2, 0.25) is 0 Å². The molecule has 2 aromatic rings. The Morgan fingerprint density at radius 1 is 1.11 bits per heavy atom. The lowest BCUT2D eigenvalue weighted by atomic mass is 10.2. The second kappa shape index (κ2) is 9.94. The van der Waals surface area contributed by atoms with Gasteiger partial charge in [-0.1, -0.05) is 29.8 Å². The molecule has 0 aromatic heterocycles. The number of nitrogens with one attached hydrogen (secondary N) is 2. The highest BCUT2D eigenvalue weighted by molar-refractivity contribution is 6.30. The van der Waals surface area contributed by atoms with Crippen LogP contribution in [0.2, 0.25) is 5.02 Å². The molecule has 0 aliphatic carbocycles. The predicted octanol–water partition coefficient (Wildman–Crippen LogP) is 1.46. The van der Waals surface area contributed by atoms with Gasteiger partial charge in [-0.25, -0.2) is 0 Å². The summed E-state index contributed by atoms with van der Waals surface area (Å²) in [7, 11) is 5.17. The standard InChI is InChI=1S/C20H24ClN3O3/c1-23(13-19(25)22-17-10-8-16(21)9-11-17)14-20(26)24(2)12-15-6-4-5-7-18(15)27-3/h4-11H,12-14H2,1-3H3,(H,22,25)/p+1. The Bertz CT molecular complexity index is 780. The van der Waals surface area contributed by atoms with Crippen molar-refractivity contribution in [1.82, 2.24) is 4.90 Å². The summed E-state index contributed by atoms with van der Waals surface area (Å²) in [6, 6.07) is 14.5. The first-order valence-electron chi connectivity index (χ1n) is 8.61. The van der Waals surface area contributed by atoms with E-state index in [0.717, 1.165) is 16.2 Å². The van der Waals surface area contributed by atoms with Gasteiger partial charge in [0.25, 0.3) is 11.8 Å². The molecule has 6 nitrogen and oxygen atoms in total. The second-order valence-electron chi connectivity index (χ2n) is 6.43. The number of carbonyl (C=O) groups excluding carboxylic acids is 2. The molecule has 1 atom stereocenters. The number of para-hydroxylation sites is 1. The van der Waals surface area contributed by atoms with Crippen molar-refractivity contribution < 1.29 is 19.2 Å². The summed E-state index contributed by atoms with van der Waals surface area (Å²) in [6.45, 7) is 0.865. The number of hydrogen-bond donors (Lipinski definition) is 2. The van der Waals surface area contributed by atoms with Crippen LogP contribution in [0.3, 0.4) is 0 Å². The molecule has 144 valence electrons. The predicted molar refractivity (Wildman–Crippen MR) is 106 cm³/mol. The summed E-state index contributed by atoms with van der Waals surface area (Å²) < 4.78 is 5.32. The maximum atomic E-state index is 12.5. The zero-order chi connectivity index (χ0) is 19.8. The van der Waals surface area contributed by atoms with E-state index in [9.17, 15) is 9.59 Å². The van der Waals surface area contributed by atoms with Crippen molar-refractivity contribution in [2.45, 2.75) is 6.54 Å². The van der Waals surface area contributed by atoms with Crippen LogP contribution >= 0.6 is 11.6 Å². The number of carbonyl (C=O) groups is 2. The third kappa shape index (κ3) is 6.58. The first-order valence-corrected chi connectivity index (χ1v) is 8.99. The molecule has 0 spiro atoms. The minimum Gasteiger partial charge on any atom is -0.496 e. The van der Waals surface area contributed by atoms with Crippen LogP contribution in [0.15, 0.2) is 48.5 Å². The first-order chi connectivity index (χ1) is 12.9. The molecular formula is C20H25ClN3O3+. The van der Waals surface area contributed by atoms with Crippen molar-refractivity contribution >= 4 is 29.1 Å². The molecular weight excluding hydrogens is 366 g/mol. The van der Waals surface area contributed by atoms with E-state index in [1.165, 1.54) is 0 Å². The minimum absolute atomic E-state index is 0.0438. The van der Waals surface area contributed by atoms with E-state index in [4.69, 9.17) is 16.3 Å². The van der Waals surface area contributed by atoms with Crippen LogP contribution in [0.5, 0.6) is 5.75 Å². The third-order valence-electron chi connectivity index (χ3n) is 4.07. The lowest BCUT2D eigenvalue weighted by molar-refractivity contribution is -0.862. The van der Waals surface area contributed by atoms with E-state index in [1.807, 2.05) is 31.3 Å². The van der Waals surface area contributed by atoms with Gasteiger partial charge in [-0.15, -0.1) is 0 Å². The molecule has 0 aliphatic rings. The highest BCUT2D eigenvalue weighted by atomic mass is 35.5. The molecule has 7 heteroatoms. The van der Waals surface area contributed by atoms with Crippen LogP contribution in [0, 0.1) is 0 Å². The molecule has 0 saturated heterocycles. The van der Waals surface area contributed by atoms with Gasteiger partial charge >= 0.3 is 0 Å². The van der Waals surface area contributed by atoms with Gasteiger partial charge < -0.3 is 19.9 Å². The molecule has 0 radical (unpaired) electrons. The van der Waals surface area contributed by atoms with Gasteiger partial charge in [-0.3, -0.25) is 9.59 Å². The number of hydrogen-bond acceptors (Lipinski definition) is 3. The summed E-state index contributed by atoms with van der Waals surface area (Å²) in [5, 5.41) is 3.41. The lowest BCUT2D eigenvalue weighted by Crippen LogP contribution is -3.11. The Morgan fingerprint density at radius 3 is 2.44 bits per heavy atom. The van der Waals surface area contributed by atoms with Crippen molar-refractivity contribution in [3.05, 3.63) is 59.1 Å². The van der Waals surface area contributed by atoms with E-state index >= 15 is 0 Å². The van der Waals surface area contributed by atoms with Crippen LogP contribution in [0.25, 0.3) is 0 Å². The van der Waals surface area contributed by atoms with Gasteiger partial charge in [0, 0.05) is 29.9 Å². The van der Waals surface area contributed by atoms with Gasteiger partial charge in [0.05, 0.1) is 14.2 Å². The van der Waals surface area contributed by atoms with Gasteiger partial charge in [-0.05, 0) is 30.3 Å². The summed E-state index contributed by atoms with van der Waals surface area (Å²) >= 11 is 5.83. The minimum atomic E-state index is -0.157. The Hall–Kier alpha value is -2.57. The van der Waals surface area contributed by atoms with Crippen molar-refractivity contribution in [2.24, 2.45) is 0 Å². The number of rotatable bonds is 8. The number of benzene rings is 2. The third-order valence-corrected chi connectivity index (χ3v) is 4.32. The second-order valence-corrected chi connectivity index (χ2v) is 6.86. The van der Waals surface area contributed by atoms with Crippen molar-refractivity contribution in [1.29, 1.82) is 0 Å². The number of quaternary nitrogens is 1. The smallest absolute Gasteiger partial charge is 0.279 e. The van der Waals surface area contributed by atoms with E-state index in [0.29, 0.717) is 17.3 Å². The number of anilines is 1. The van der Waals surface area contributed by atoms with Crippen LogP contribution in [-0.2, 0) is 16.1 Å². The highest BCUT2D eigenvalue weighted by Crippen LogP contribution is 2.18. The fourth-order valence-electron chi connectivity index (χ4n) is 2.65. The van der Waals surface area contributed by atoms with Crippen molar-refractivity contribution in [2.75, 3.05) is 39.6 Å². The Morgan fingerprint density at radius 2 is 1.78 bits per heavy atom. The molecule has 0 heterocycles. The van der Waals surface area contributed by atoms with Gasteiger partial charge in [-0.2, -0.15) is 0 Å². The molecule has 2 N–H and O–H groups in total. The zero-order valence-corrected chi connectivity index (χ0v) is 16.5. The average Bonchev–Trinajstić information content (AvgIpc) is 2.63. The number of likely N-dealkylation sites (N-methyl/N-ethyl adjacent to an activating group) is 2. The summed E-state index contributed by atoms with van der Waals surface area (Å²) in [5.41, 5.74) is 1.62. The van der Waals surface area contributed by atoms with Crippen LogP contribution in [0.1, 0.15) is 5.56 Å². The lowest BCUT2D eigenvalue weighted by Gasteiger charge is -2.21. The van der Waals surface area contributed by atoms with E-state index in [1.54, 1.807) is 43.3 Å². The van der Waals surface area contributed by atoms with E-state index in [-0.39, 0.29) is 24.9 Å². The normalized spacial score (nSPS) is 11.6. The summed E-state index contributed by atoms with van der Waals surface area (Å²) in [6.07, 6.45) is 0. The monoisotopic (exact) mass is 390 g/mol. The van der Waals surface area contributed by atoms with Crippen LogP contribution in [-0.4, -0.2) is 51.0 Å². The largest absolute Gasteiger partial charge is 0.496 e. The fourth-order valence-corrected chi connectivity index (χ4v) is 2.77. The molecule has 0 fully saturated rings. The molecule has 2 aromatic carbocycles. The number of halogens is 1. The van der Waals surface area contributed by atoms with Gasteiger partial charge in [0.1, 0.15) is 5.75 Å². The summed E-state index contributed by atoms with van der Waals surface area (Å²) in [4.78, 5) is 27.0. The Balaban J connectivity index is 1.83. The molecule has 0 saturated carbocycles. The zero-order valence-electron chi connectivity index (χ0n) is 15.8. The fraction of sp³-hybridized carbons (Fsp3) is 0.300. The quantitative estimate of drug-likeness (QED) is 0.717. The molecule has 2 rings (SSSR count). The molecule has 1 unspecified atom stereocenters. The van der Waals surface area contributed by atoms with E-state index in [2.05, 4.69) is 5.32 Å². The first kappa shape index (κ1) is 20.7. The van der Waals surface area contributed by atoms with Crippen LogP contribution in [0.4, 0.5) is 5.69 Å². The van der Waals surface area contributed by atoms with Crippen molar-refractivity contribution in [3.8, 4) is 5.75 Å². The molecule has 27 heavy (non-hydrogen) atoms. The number of methoxy groups -OCH3 is 1. The molecule has 0 bridgehead atoms. The topological polar surface area (TPSA) is 63.1 Å². The summed E-state index contributed by atoms with van der Waals surface area (Å²) in [5.74, 6) is 0.549.